The Kier molecular flexibility index (Phi) is 4.58. The molecule has 0 aromatic carbocycles. The minimum Gasteiger partial charge on any atom is -0.352 e. The lowest BCUT2D eigenvalue weighted by Gasteiger charge is -2.05. The zero-order valence-corrected chi connectivity index (χ0v) is 11.1. The first-order valence-electron chi connectivity index (χ1n) is 6.18. The van der Waals surface area contributed by atoms with Crippen LogP contribution in [0, 0.1) is 22.7 Å². The van der Waals surface area contributed by atoms with Crippen molar-refractivity contribution in [3.63, 3.8) is 0 Å². The molecule has 2 aromatic rings. The molecular weight excluding hydrogens is 266 g/mol. The van der Waals surface area contributed by atoms with Gasteiger partial charge in [-0.3, -0.25) is 4.79 Å². The normalized spacial score (nSPS) is 9.43. The lowest BCUT2D eigenvalue weighted by molar-refractivity contribution is -0.120. The summed E-state index contributed by atoms with van der Waals surface area (Å²) in [5.41, 5.74) is 2.19. The third-order valence-corrected chi connectivity index (χ3v) is 2.73. The predicted octanol–water partition coefficient (Wildman–Crippen LogP) is 1.08. The molecule has 102 valence electrons. The molecule has 0 atom stereocenters. The van der Waals surface area contributed by atoms with Crippen LogP contribution in [0.15, 0.2) is 36.7 Å². The van der Waals surface area contributed by atoms with E-state index in [9.17, 15) is 4.79 Å². The van der Waals surface area contributed by atoms with E-state index in [0.717, 1.165) is 11.1 Å². The summed E-state index contributed by atoms with van der Waals surface area (Å²) < 4.78 is 0. The second kappa shape index (κ2) is 6.78. The Morgan fingerprint density at radius 2 is 1.90 bits per heavy atom. The van der Waals surface area contributed by atoms with Crippen LogP contribution in [0.4, 0.5) is 0 Å². The Morgan fingerprint density at radius 1 is 1.10 bits per heavy atom. The van der Waals surface area contributed by atoms with E-state index in [1.807, 2.05) is 12.1 Å². The average molecular weight is 277 g/mol. The van der Waals surface area contributed by atoms with Crippen LogP contribution in [-0.2, 0) is 17.8 Å². The maximum atomic E-state index is 11.8. The highest BCUT2D eigenvalue weighted by atomic mass is 16.1. The number of nitrogens with zero attached hydrogens (tertiary/aromatic N) is 4. The van der Waals surface area contributed by atoms with Gasteiger partial charge in [-0.2, -0.15) is 10.5 Å². The zero-order chi connectivity index (χ0) is 15.1. The van der Waals surface area contributed by atoms with Gasteiger partial charge < -0.3 is 5.32 Å². The van der Waals surface area contributed by atoms with Gasteiger partial charge in [0.05, 0.1) is 6.42 Å². The van der Waals surface area contributed by atoms with Gasteiger partial charge in [-0.25, -0.2) is 9.97 Å². The molecule has 1 N–H and O–H groups in total. The van der Waals surface area contributed by atoms with Gasteiger partial charge in [-0.1, -0.05) is 6.07 Å². The van der Waals surface area contributed by atoms with E-state index in [2.05, 4.69) is 15.3 Å². The Morgan fingerprint density at radius 3 is 2.57 bits per heavy atom. The Balaban J connectivity index is 1.89. The van der Waals surface area contributed by atoms with E-state index in [-0.39, 0.29) is 12.3 Å². The van der Waals surface area contributed by atoms with Crippen LogP contribution in [0.2, 0.25) is 0 Å². The van der Waals surface area contributed by atoms with E-state index < -0.39 is 0 Å². The molecule has 6 nitrogen and oxygen atoms in total. The van der Waals surface area contributed by atoms with Crippen LogP contribution >= 0.6 is 0 Å². The van der Waals surface area contributed by atoms with Crippen LogP contribution in [0.1, 0.15) is 22.5 Å². The second-order valence-corrected chi connectivity index (χ2v) is 4.28. The van der Waals surface area contributed by atoms with Gasteiger partial charge in [0.1, 0.15) is 23.5 Å². The third-order valence-electron chi connectivity index (χ3n) is 2.73. The molecule has 0 aliphatic carbocycles. The van der Waals surface area contributed by atoms with Gasteiger partial charge in [0.25, 0.3) is 0 Å². The molecule has 1 amide bonds. The van der Waals surface area contributed by atoms with Gasteiger partial charge in [0.15, 0.2) is 0 Å². The molecule has 0 unspecified atom stereocenters. The van der Waals surface area contributed by atoms with Crippen LogP contribution in [0.3, 0.4) is 0 Å². The van der Waals surface area contributed by atoms with Gasteiger partial charge in [-0.05, 0) is 29.3 Å². The largest absolute Gasteiger partial charge is 0.352 e. The fourth-order valence-electron chi connectivity index (χ4n) is 1.69. The molecule has 0 aliphatic heterocycles. The minimum atomic E-state index is -0.156. The van der Waals surface area contributed by atoms with E-state index in [4.69, 9.17) is 10.5 Å². The Hall–Kier alpha value is -3.25. The fraction of sp³-hybridized carbons (Fsp3) is 0.133. The van der Waals surface area contributed by atoms with Crippen molar-refractivity contribution >= 4 is 5.91 Å². The zero-order valence-electron chi connectivity index (χ0n) is 11.1. The van der Waals surface area contributed by atoms with Crippen LogP contribution in [-0.4, -0.2) is 15.9 Å². The molecule has 0 bridgehead atoms. The van der Waals surface area contributed by atoms with Crippen molar-refractivity contribution < 1.29 is 4.79 Å². The van der Waals surface area contributed by atoms with E-state index >= 15 is 0 Å². The number of rotatable bonds is 4. The van der Waals surface area contributed by atoms with Crippen molar-refractivity contribution in [1.29, 1.82) is 10.5 Å². The van der Waals surface area contributed by atoms with Crippen molar-refractivity contribution in [1.82, 2.24) is 15.3 Å². The second-order valence-electron chi connectivity index (χ2n) is 4.28. The summed E-state index contributed by atoms with van der Waals surface area (Å²) in [6.07, 6.45) is 3.23. The van der Waals surface area contributed by atoms with E-state index in [1.54, 1.807) is 24.3 Å². The quantitative estimate of drug-likeness (QED) is 0.900. The lowest BCUT2D eigenvalue weighted by Crippen LogP contribution is -2.24. The molecule has 0 aliphatic rings. The number of carbonyl (C=O) groups excluding carboxylic acids is 1. The Labute approximate surface area is 121 Å². The van der Waals surface area contributed by atoms with Crippen molar-refractivity contribution in [3.05, 3.63) is 59.2 Å². The summed E-state index contributed by atoms with van der Waals surface area (Å²) in [6, 6.07) is 10.5. The van der Waals surface area contributed by atoms with Gasteiger partial charge in [0.2, 0.25) is 5.91 Å². The maximum absolute atomic E-state index is 11.8. The fourth-order valence-corrected chi connectivity index (χ4v) is 1.69. The average Bonchev–Trinajstić information content (AvgIpc) is 2.54. The summed E-state index contributed by atoms with van der Waals surface area (Å²) in [5, 5.41) is 20.1. The topological polar surface area (TPSA) is 102 Å². The van der Waals surface area contributed by atoms with Crippen molar-refractivity contribution in [3.8, 4) is 12.1 Å². The van der Waals surface area contributed by atoms with Crippen LogP contribution < -0.4 is 5.32 Å². The molecule has 2 rings (SSSR count). The molecule has 0 spiro atoms. The molecule has 0 radical (unpaired) electrons. The van der Waals surface area contributed by atoms with Gasteiger partial charge in [0, 0.05) is 18.9 Å². The number of hydrogen-bond donors (Lipinski definition) is 1. The summed E-state index contributed by atoms with van der Waals surface area (Å²) in [5.74, 6) is -0.156. The first-order valence-corrected chi connectivity index (χ1v) is 6.18. The third kappa shape index (κ3) is 4.12. The van der Waals surface area contributed by atoms with E-state index in [0.29, 0.717) is 17.9 Å². The molecular formula is C15H11N5O. The first-order chi connectivity index (χ1) is 10.2. The monoisotopic (exact) mass is 277 g/mol. The molecule has 0 saturated heterocycles. The number of aromatic nitrogens is 2. The van der Waals surface area contributed by atoms with E-state index in [1.165, 1.54) is 12.4 Å². The highest BCUT2D eigenvalue weighted by Crippen LogP contribution is 2.03. The number of carbonyl (C=O) groups is 1. The highest BCUT2D eigenvalue weighted by molar-refractivity contribution is 5.78. The lowest BCUT2D eigenvalue weighted by atomic mass is 10.2. The molecule has 2 heterocycles. The Bertz CT molecular complexity index is 725. The smallest absolute Gasteiger partial charge is 0.224 e. The SMILES string of the molecule is N#Cc1ccc(CC(=O)NCc2ccnc(C#N)c2)cn1. The number of nitrogens with one attached hydrogen (secondary N) is 1. The highest BCUT2D eigenvalue weighted by Gasteiger charge is 2.04. The number of pyridine rings is 2. The van der Waals surface area contributed by atoms with Gasteiger partial charge in [-0.15, -0.1) is 0 Å². The van der Waals surface area contributed by atoms with Crippen LogP contribution in [0.25, 0.3) is 0 Å². The minimum absolute atomic E-state index is 0.156. The molecule has 0 fully saturated rings. The van der Waals surface area contributed by atoms with Crippen molar-refractivity contribution in [2.75, 3.05) is 0 Å². The summed E-state index contributed by atoms with van der Waals surface area (Å²) in [6.45, 7) is 0.333. The standard InChI is InChI=1S/C15H11N5O/c16-7-13-2-1-11(9-19-13)6-15(21)20-10-12-3-4-18-14(5-12)8-17/h1-5,9H,6,10H2,(H,20,21). The summed E-state index contributed by atoms with van der Waals surface area (Å²) in [7, 11) is 0. The predicted molar refractivity (Wildman–Crippen MR) is 73.5 cm³/mol. The van der Waals surface area contributed by atoms with Crippen molar-refractivity contribution in [2.45, 2.75) is 13.0 Å². The maximum Gasteiger partial charge on any atom is 0.224 e. The van der Waals surface area contributed by atoms with Crippen LogP contribution in [0.5, 0.6) is 0 Å². The number of amides is 1. The molecule has 0 saturated carbocycles. The number of nitriles is 2. The summed E-state index contributed by atoms with van der Waals surface area (Å²) in [4.78, 5) is 19.6. The van der Waals surface area contributed by atoms with Crippen molar-refractivity contribution in [2.24, 2.45) is 0 Å². The molecule has 6 heteroatoms. The first kappa shape index (κ1) is 14.2. The molecule has 2 aromatic heterocycles. The summed E-state index contributed by atoms with van der Waals surface area (Å²) >= 11 is 0. The number of hydrogen-bond acceptors (Lipinski definition) is 5. The molecule has 21 heavy (non-hydrogen) atoms. The van der Waals surface area contributed by atoms with Gasteiger partial charge >= 0.3 is 0 Å².